The highest BCUT2D eigenvalue weighted by molar-refractivity contribution is 5.74. The number of carbonyl (C=O) groups is 1. The number of nitrogens with zero attached hydrogens (tertiary/aromatic N) is 2. The van der Waals surface area contributed by atoms with Gasteiger partial charge in [0, 0.05) is 30.5 Å². The zero-order chi connectivity index (χ0) is 16.8. The first-order chi connectivity index (χ1) is 11.0. The first kappa shape index (κ1) is 16.8. The average Bonchev–Trinajstić information content (AvgIpc) is 2.99. The molecule has 2 N–H and O–H groups in total. The number of urea groups is 1. The Morgan fingerprint density at radius 1 is 1.39 bits per heavy atom. The second-order valence-electron chi connectivity index (χ2n) is 5.39. The standard InChI is InChI=1S/C16H21FN4O2/c1-11(9-21-7-6-18-10-21)19-16(22)20-12(2)14-8-13(17)4-5-15(14)23-3/h4-8,10-12H,9H2,1-3H3,(H2,19,20,22). The Balaban J connectivity index is 1.93. The van der Waals surface area contributed by atoms with Crippen LogP contribution in [0.25, 0.3) is 0 Å². The lowest BCUT2D eigenvalue weighted by molar-refractivity contribution is 0.233. The third-order valence-corrected chi connectivity index (χ3v) is 3.43. The molecule has 2 rings (SSSR count). The van der Waals surface area contributed by atoms with E-state index in [1.54, 1.807) is 25.5 Å². The van der Waals surface area contributed by atoms with E-state index < -0.39 is 0 Å². The summed E-state index contributed by atoms with van der Waals surface area (Å²) < 4.78 is 20.5. The molecule has 0 bridgehead atoms. The normalized spacial score (nSPS) is 13.2. The summed E-state index contributed by atoms with van der Waals surface area (Å²) in [7, 11) is 1.51. The molecule has 2 aromatic rings. The number of amides is 2. The van der Waals surface area contributed by atoms with Gasteiger partial charge < -0.3 is 19.9 Å². The number of carbonyl (C=O) groups excluding carboxylic acids is 1. The highest BCUT2D eigenvalue weighted by Crippen LogP contribution is 2.25. The number of methoxy groups -OCH3 is 1. The van der Waals surface area contributed by atoms with Gasteiger partial charge in [-0.2, -0.15) is 0 Å². The second-order valence-corrected chi connectivity index (χ2v) is 5.39. The van der Waals surface area contributed by atoms with Crippen molar-refractivity contribution in [2.24, 2.45) is 0 Å². The molecule has 0 radical (unpaired) electrons. The number of hydrogen-bond donors (Lipinski definition) is 2. The van der Waals surface area contributed by atoms with Gasteiger partial charge in [-0.05, 0) is 32.0 Å². The van der Waals surface area contributed by atoms with Crippen LogP contribution in [0, 0.1) is 5.82 Å². The minimum Gasteiger partial charge on any atom is -0.496 e. The van der Waals surface area contributed by atoms with Crippen molar-refractivity contribution in [1.82, 2.24) is 20.2 Å². The average molecular weight is 320 g/mol. The first-order valence-corrected chi connectivity index (χ1v) is 7.35. The van der Waals surface area contributed by atoms with Gasteiger partial charge in [-0.15, -0.1) is 0 Å². The van der Waals surface area contributed by atoms with Gasteiger partial charge in [0.25, 0.3) is 0 Å². The van der Waals surface area contributed by atoms with E-state index in [0.29, 0.717) is 17.9 Å². The van der Waals surface area contributed by atoms with Crippen molar-refractivity contribution >= 4 is 6.03 Å². The highest BCUT2D eigenvalue weighted by Gasteiger charge is 2.16. The first-order valence-electron chi connectivity index (χ1n) is 7.35. The van der Waals surface area contributed by atoms with Gasteiger partial charge in [0.2, 0.25) is 0 Å². The van der Waals surface area contributed by atoms with Crippen molar-refractivity contribution in [3.8, 4) is 5.75 Å². The van der Waals surface area contributed by atoms with Gasteiger partial charge in [-0.1, -0.05) is 0 Å². The van der Waals surface area contributed by atoms with Crippen LogP contribution in [0.1, 0.15) is 25.5 Å². The van der Waals surface area contributed by atoms with E-state index in [9.17, 15) is 9.18 Å². The van der Waals surface area contributed by atoms with Crippen LogP contribution in [0.3, 0.4) is 0 Å². The summed E-state index contributed by atoms with van der Waals surface area (Å²) in [5.74, 6) is 0.161. The molecule has 1 aromatic carbocycles. The lowest BCUT2D eigenvalue weighted by Crippen LogP contribution is -2.43. The number of aromatic nitrogens is 2. The number of imidazole rings is 1. The Hall–Kier alpha value is -2.57. The molecule has 6 nitrogen and oxygen atoms in total. The minimum absolute atomic E-state index is 0.0780. The SMILES string of the molecule is COc1ccc(F)cc1C(C)NC(=O)NC(C)Cn1ccnc1. The fourth-order valence-electron chi connectivity index (χ4n) is 2.34. The Morgan fingerprint density at radius 2 is 2.17 bits per heavy atom. The maximum Gasteiger partial charge on any atom is 0.315 e. The van der Waals surface area contributed by atoms with E-state index in [-0.39, 0.29) is 23.9 Å². The molecule has 0 aliphatic carbocycles. The lowest BCUT2D eigenvalue weighted by atomic mass is 10.1. The van der Waals surface area contributed by atoms with E-state index in [1.807, 2.05) is 17.7 Å². The molecular formula is C16H21FN4O2. The van der Waals surface area contributed by atoms with Crippen molar-refractivity contribution in [2.45, 2.75) is 32.5 Å². The van der Waals surface area contributed by atoms with Gasteiger partial charge in [0.15, 0.2) is 0 Å². The monoisotopic (exact) mass is 320 g/mol. The van der Waals surface area contributed by atoms with Crippen molar-refractivity contribution < 1.29 is 13.9 Å². The molecule has 2 amide bonds. The maximum absolute atomic E-state index is 13.4. The molecule has 2 unspecified atom stereocenters. The molecule has 0 fully saturated rings. The van der Waals surface area contributed by atoms with Crippen LogP contribution in [0.5, 0.6) is 5.75 Å². The number of nitrogens with one attached hydrogen (secondary N) is 2. The number of halogens is 1. The Labute approximate surface area is 134 Å². The third-order valence-electron chi connectivity index (χ3n) is 3.43. The predicted octanol–water partition coefficient (Wildman–Crippen LogP) is 2.48. The number of hydrogen-bond acceptors (Lipinski definition) is 3. The van der Waals surface area contributed by atoms with Crippen molar-refractivity contribution in [3.05, 3.63) is 48.3 Å². The van der Waals surface area contributed by atoms with E-state index in [4.69, 9.17) is 4.74 Å². The summed E-state index contributed by atoms with van der Waals surface area (Å²) in [5.41, 5.74) is 0.588. The van der Waals surface area contributed by atoms with Crippen LogP contribution < -0.4 is 15.4 Å². The van der Waals surface area contributed by atoms with Crippen LogP contribution >= 0.6 is 0 Å². The topological polar surface area (TPSA) is 68.2 Å². The molecule has 0 aliphatic rings. The third kappa shape index (κ3) is 4.70. The van der Waals surface area contributed by atoms with Gasteiger partial charge >= 0.3 is 6.03 Å². The molecule has 1 aromatic heterocycles. The van der Waals surface area contributed by atoms with Gasteiger partial charge in [-0.3, -0.25) is 0 Å². The largest absolute Gasteiger partial charge is 0.496 e. The summed E-state index contributed by atoms with van der Waals surface area (Å²) in [6.07, 6.45) is 5.21. The molecular weight excluding hydrogens is 299 g/mol. The van der Waals surface area contributed by atoms with Crippen molar-refractivity contribution in [2.75, 3.05) is 7.11 Å². The summed E-state index contributed by atoms with van der Waals surface area (Å²) in [6.45, 7) is 4.29. The second kappa shape index (κ2) is 7.62. The summed E-state index contributed by atoms with van der Waals surface area (Å²) in [6, 6.07) is 3.44. The molecule has 23 heavy (non-hydrogen) atoms. The molecule has 0 spiro atoms. The summed E-state index contributed by atoms with van der Waals surface area (Å²) in [4.78, 5) is 16.0. The van der Waals surface area contributed by atoms with E-state index in [0.717, 1.165) is 0 Å². The number of ether oxygens (including phenoxy) is 1. The maximum atomic E-state index is 13.4. The Morgan fingerprint density at radius 3 is 2.83 bits per heavy atom. The molecule has 0 aliphatic heterocycles. The summed E-state index contributed by atoms with van der Waals surface area (Å²) in [5, 5.41) is 5.62. The van der Waals surface area contributed by atoms with Crippen LogP contribution in [0.15, 0.2) is 36.9 Å². The molecule has 124 valence electrons. The zero-order valence-corrected chi connectivity index (χ0v) is 13.4. The van der Waals surface area contributed by atoms with Crippen LogP contribution in [-0.4, -0.2) is 28.7 Å². The van der Waals surface area contributed by atoms with Gasteiger partial charge in [0.05, 0.1) is 19.5 Å². The van der Waals surface area contributed by atoms with Crippen molar-refractivity contribution in [1.29, 1.82) is 0 Å². The van der Waals surface area contributed by atoms with Crippen LogP contribution in [-0.2, 0) is 6.54 Å². The zero-order valence-electron chi connectivity index (χ0n) is 13.4. The minimum atomic E-state index is -0.388. The molecule has 1 heterocycles. The van der Waals surface area contributed by atoms with E-state index in [1.165, 1.54) is 19.2 Å². The van der Waals surface area contributed by atoms with E-state index >= 15 is 0 Å². The Bertz CT molecular complexity index is 646. The fourth-order valence-corrected chi connectivity index (χ4v) is 2.34. The predicted molar refractivity (Wildman–Crippen MR) is 84.7 cm³/mol. The van der Waals surface area contributed by atoms with Crippen LogP contribution in [0.2, 0.25) is 0 Å². The summed E-state index contributed by atoms with van der Waals surface area (Å²) >= 11 is 0. The van der Waals surface area contributed by atoms with Crippen molar-refractivity contribution in [3.63, 3.8) is 0 Å². The van der Waals surface area contributed by atoms with Gasteiger partial charge in [-0.25, -0.2) is 14.2 Å². The van der Waals surface area contributed by atoms with Gasteiger partial charge in [0.1, 0.15) is 11.6 Å². The van der Waals surface area contributed by atoms with Crippen LogP contribution in [0.4, 0.5) is 9.18 Å². The van der Waals surface area contributed by atoms with E-state index in [2.05, 4.69) is 15.6 Å². The number of benzene rings is 1. The number of rotatable bonds is 6. The molecule has 7 heteroatoms. The quantitative estimate of drug-likeness (QED) is 0.859. The fraction of sp³-hybridized carbons (Fsp3) is 0.375. The molecule has 2 atom stereocenters. The Kier molecular flexibility index (Phi) is 5.56. The smallest absolute Gasteiger partial charge is 0.315 e. The molecule has 0 saturated carbocycles. The highest BCUT2D eigenvalue weighted by atomic mass is 19.1. The molecule has 0 saturated heterocycles. The lowest BCUT2D eigenvalue weighted by Gasteiger charge is -2.20.